The Hall–Kier alpha value is -1.40. The minimum Gasteiger partial charge on any atom is -0.316 e. The minimum absolute atomic E-state index is 0.271. The van der Waals surface area contributed by atoms with Gasteiger partial charge >= 0.3 is 0 Å². The van der Waals surface area contributed by atoms with Crippen LogP contribution in [0.15, 0.2) is 28.5 Å². The highest BCUT2D eigenvalue weighted by atomic mass is 32.1. The maximum absolute atomic E-state index is 13.7. The molecular weight excluding hydrogens is 276 g/mol. The first kappa shape index (κ1) is 13.0. The van der Waals surface area contributed by atoms with Gasteiger partial charge in [-0.2, -0.15) is 0 Å². The molecule has 1 amide bonds. The summed E-state index contributed by atoms with van der Waals surface area (Å²) in [4.78, 5) is 12.8. The van der Waals surface area contributed by atoms with Gasteiger partial charge < -0.3 is 5.32 Å². The average Bonchev–Trinajstić information content (AvgIpc) is 2.76. The predicted octanol–water partition coefficient (Wildman–Crippen LogP) is 3.88. The number of amides is 1. The van der Waals surface area contributed by atoms with Crippen LogP contribution in [0.3, 0.4) is 0 Å². The molecule has 0 fully saturated rings. The van der Waals surface area contributed by atoms with E-state index < -0.39 is 23.2 Å². The zero-order valence-corrected chi connectivity index (χ0v) is 11.0. The molecule has 0 saturated heterocycles. The summed E-state index contributed by atoms with van der Waals surface area (Å²) in [5, 5.41) is 3.90. The molecule has 2 aromatic rings. The number of hydrogen-bond acceptors (Lipinski definition) is 3. The van der Waals surface area contributed by atoms with Crippen LogP contribution in [-0.2, 0) is 0 Å². The van der Waals surface area contributed by atoms with Crippen LogP contribution in [-0.4, -0.2) is 5.91 Å². The summed E-state index contributed by atoms with van der Waals surface area (Å²) in [6.07, 6.45) is 0. The van der Waals surface area contributed by atoms with Gasteiger partial charge in [0.05, 0.1) is 4.88 Å². The lowest BCUT2D eigenvalue weighted by molar-refractivity contribution is 0.102. The van der Waals surface area contributed by atoms with Crippen molar-refractivity contribution in [1.29, 1.82) is 0 Å². The lowest BCUT2D eigenvalue weighted by atomic mass is 10.2. The molecule has 0 atom stereocenters. The van der Waals surface area contributed by atoms with Gasteiger partial charge in [-0.3, -0.25) is 4.79 Å². The Morgan fingerprint density at radius 2 is 2.11 bits per heavy atom. The molecule has 0 saturated carbocycles. The maximum atomic E-state index is 13.7. The van der Waals surface area contributed by atoms with Crippen molar-refractivity contribution in [3.8, 4) is 0 Å². The number of carbonyl (C=O) groups excluding carboxylic acids is 1. The SMILES string of the molecule is Cc1ccc(F)c(NC(=O)c2cc(S)cs2)c1F. The molecule has 1 aromatic carbocycles. The molecule has 0 spiro atoms. The molecule has 0 bridgehead atoms. The molecule has 18 heavy (non-hydrogen) atoms. The fourth-order valence-corrected chi connectivity index (χ4v) is 2.44. The molecule has 0 radical (unpaired) electrons. The highest BCUT2D eigenvalue weighted by Gasteiger charge is 2.16. The molecule has 1 heterocycles. The van der Waals surface area contributed by atoms with Gasteiger partial charge in [0.15, 0.2) is 5.82 Å². The third-order valence-electron chi connectivity index (χ3n) is 2.33. The van der Waals surface area contributed by atoms with Crippen molar-refractivity contribution in [1.82, 2.24) is 0 Å². The normalized spacial score (nSPS) is 10.4. The molecule has 1 N–H and O–H groups in total. The number of nitrogens with one attached hydrogen (secondary N) is 1. The van der Waals surface area contributed by atoms with E-state index in [0.717, 1.165) is 17.4 Å². The van der Waals surface area contributed by atoms with E-state index in [-0.39, 0.29) is 5.56 Å². The second kappa shape index (κ2) is 5.07. The molecule has 2 nitrogen and oxygen atoms in total. The number of aryl methyl sites for hydroxylation is 1. The minimum atomic E-state index is -0.797. The summed E-state index contributed by atoms with van der Waals surface area (Å²) in [5.41, 5.74) is -0.151. The summed E-state index contributed by atoms with van der Waals surface area (Å²) in [6, 6.07) is 3.97. The number of thiophene rings is 1. The lowest BCUT2D eigenvalue weighted by Crippen LogP contribution is -2.13. The standard InChI is InChI=1S/C12H9F2NOS2/c1-6-2-3-8(13)11(10(6)14)15-12(16)9-4-7(17)5-18-9/h2-5,17H,1H3,(H,15,16). The first-order valence-corrected chi connectivity index (χ1v) is 6.35. The van der Waals surface area contributed by atoms with Crippen LogP contribution in [0.2, 0.25) is 0 Å². The zero-order chi connectivity index (χ0) is 13.3. The largest absolute Gasteiger partial charge is 0.316 e. The van der Waals surface area contributed by atoms with E-state index in [0.29, 0.717) is 9.77 Å². The van der Waals surface area contributed by atoms with Gasteiger partial charge in [-0.1, -0.05) is 6.07 Å². The molecule has 94 valence electrons. The number of hydrogen-bond donors (Lipinski definition) is 2. The van der Waals surface area contributed by atoms with E-state index in [1.165, 1.54) is 19.1 Å². The number of carbonyl (C=O) groups is 1. The third kappa shape index (κ3) is 2.54. The highest BCUT2D eigenvalue weighted by molar-refractivity contribution is 7.80. The van der Waals surface area contributed by atoms with Gasteiger partial charge in [0.1, 0.15) is 11.5 Å². The Morgan fingerprint density at radius 3 is 2.72 bits per heavy atom. The van der Waals surface area contributed by atoms with E-state index in [4.69, 9.17) is 0 Å². The van der Waals surface area contributed by atoms with E-state index in [1.54, 1.807) is 5.38 Å². The van der Waals surface area contributed by atoms with Gasteiger partial charge in [0, 0.05) is 10.3 Å². The van der Waals surface area contributed by atoms with Crippen LogP contribution in [0, 0.1) is 18.6 Å². The second-order valence-corrected chi connectivity index (χ2v) is 5.10. The van der Waals surface area contributed by atoms with Crippen molar-refractivity contribution in [3.05, 3.63) is 45.7 Å². The smallest absolute Gasteiger partial charge is 0.265 e. The Morgan fingerprint density at radius 1 is 1.39 bits per heavy atom. The molecule has 0 aliphatic heterocycles. The van der Waals surface area contributed by atoms with Crippen molar-refractivity contribution in [2.24, 2.45) is 0 Å². The van der Waals surface area contributed by atoms with Crippen molar-refractivity contribution in [2.75, 3.05) is 5.32 Å². The van der Waals surface area contributed by atoms with Crippen molar-refractivity contribution < 1.29 is 13.6 Å². The monoisotopic (exact) mass is 285 g/mol. The first-order valence-electron chi connectivity index (χ1n) is 5.02. The first-order chi connectivity index (χ1) is 8.49. The van der Waals surface area contributed by atoms with Crippen LogP contribution < -0.4 is 5.32 Å². The number of rotatable bonds is 2. The predicted molar refractivity (Wildman–Crippen MR) is 70.6 cm³/mol. The summed E-state index contributed by atoms with van der Waals surface area (Å²) in [6.45, 7) is 1.50. The highest BCUT2D eigenvalue weighted by Crippen LogP contribution is 2.24. The van der Waals surface area contributed by atoms with Crippen molar-refractivity contribution in [2.45, 2.75) is 11.8 Å². The Balaban J connectivity index is 2.30. The molecule has 0 aliphatic carbocycles. The number of halogens is 2. The second-order valence-electron chi connectivity index (χ2n) is 3.68. The Kier molecular flexibility index (Phi) is 3.68. The van der Waals surface area contributed by atoms with Crippen molar-refractivity contribution in [3.63, 3.8) is 0 Å². The number of anilines is 1. The van der Waals surface area contributed by atoms with E-state index >= 15 is 0 Å². The summed E-state index contributed by atoms with van der Waals surface area (Å²) >= 11 is 5.22. The third-order valence-corrected chi connectivity index (χ3v) is 3.69. The fraction of sp³-hybridized carbons (Fsp3) is 0.0833. The fourth-order valence-electron chi connectivity index (χ4n) is 1.39. The molecule has 0 unspecified atom stereocenters. The maximum Gasteiger partial charge on any atom is 0.265 e. The molecule has 2 rings (SSSR count). The Labute approximate surface area is 112 Å². The molecule has 1 aromatic heterocycles. The molecule has 6 heteroatoms. The van der Waals surface area contributed by atoms with Gasteiger partial charge in [0.2, 0.25) is 0 Å². The quantitative estimate of drug-likeness (QED) is 0.806. The van der Waals surface area contributed by atoms with Gasteiger partial charge in [-0.05, 0) is 24.6 Å². The van der Waals surface area contributed by atoms with Crippen LogP contribution >= 0.6 is 24.0 Å². The van der Waals surface area contributed by atoms with Crippen LogP contribution in [0.25, 0.3) is 0 Å². The van der Waals surface area contributed by atoms with Crippen molar-refractivity contribution >= 4 is 35.6 Å². The summed E-state index contributed by atoms with van der Waals surface area (Å²) in [7, 11) is 0. The van der Waals surface area contributed by atoms with Gasteiger partial charge in [-0.15, -0.1) is 24.0 Å². The average molecular weight is 285 g/mol. The number of thiol groups is 1. The van der Waals surface area contributed by atoms with E-state index in [1.807, 2.05) is 0 Å². The molecular formula is C12H9F2NOS2. The van der Waals surface area contributed by atoms with E-state index in [9.17, 15) is 13.6 Å². The number of benzene rings is 1. The lowest BCUT2D eigenvalue weighted by Gasteiger charge is -2.08. The van der Waals surface area contributed by atoms with Crippen LogP contribution in [0.5, 0.6) is 0 Å². The Bertz CT molecular complexity index is 610. The molecule has 0 aliphatic rings. The van der Waals surface area contributed by atoms with Crippen LogP contribution in [0.1, 0.15) is 15.2 Å². The topological polar surface area (TPSA) is 29.1 Å². The van der Waals surface area contributed by atoms with Crippen LogP contribution in [0.4, 0.5) is 14.5 Å². The summed E-state index contributed by atoms with van der Waals surface area (Å²) in [5.74, 6) is -2.11. The van der Waals surface area contributed by atoms with Gasteiger partial charge in [-0.25, -0.2) is 8.78 Å². The van der Waals surface area contributed by atoms with E-state index in [2.05, 4.69) is 17.9 Å². The van der Waals surface area contributed by atoms with Gasteiger partial charge in [0.25, 0.3) is 5.91 Å². The zero-order valence-electron chi connectivity index (χ0n) is 9.33. The summed E-state index contributed by atoms with van der Waals surface area (Å²) < 4.78 is 27.1.